The molecule has 0 saturated heterocycles. The number of para-hydroxylation sites is 1. The molecule has 1 heterocycles. The van der Waals surface area contributed by atoms with Gasteiger partial charge in [-0.25, -0.2) is 4.79 Å². The van der Waals surface area contributed by atoms with Gasteiger partial charge in [-0.2, -0.15) is 5.10 Å². The lowest BCUT2D eigenvalue weighted by molar-refractivity contribution is 0.262. The Balaban J connectivity index is 1.98. The maximum absolute atomic E-state index is 11.7. The van der Waals surface area contributed by atoms with Gasteiger partial charge in [0.1, 0.15) is 0 Å². The number of aryl methyl sites for hydroxylation is 1. The molecule has 0 aliphatic heterocycles. The van der Waals surface area contributed by atoms with Crippen LogP contribution in [-0.4, -0.2) is 16.2 Å². The molecule has 5 nitrogen and oxygen atoms in total. The molecule has 1 aromatic heterocycles. The average molecular weight is 230 g/mol. The SMILES string of the molecule is CCc1[nH]ncc1NC(=O)Nc1ccccc1. The van der Waals surface area contributed by atoms with Crippen LogP contribution < -0.4 is 10.6 Å². The van der Waals surface area contributed by atoms with Crippen molar-refractivity contribution in [2.45, 2.75) is 13.3 Å². The minimum absolute atomic E-state index is 0.271. The Labute approximate surface area is 99.2 Å². The summed E-state index contributed by atoms with van der Waals surface area (Å²) in [5, 5.41) is 12.2. The fraction of sp³-hybridized carbons (Fsp3) is 0.167. The predicted octanol–water partition coefficient (Wildman–Crippen LogP) is 2.62. The zero-order valence-corrected chi connectivity index (χ0v) is 9.53. The van der Waals surface area contributed by atoms with Crippen molar-refractivity contribution in [1.29, 1.82) is 0 Å². The van der Waals surface area contributed by atoms with Crippen molar-refractivity contribution in [3.05, 3.63) is 42.2 Å². The van der Waals surface area contributed by atoms with Gasteiger partial charge in [-0.3, -0.25) is 5.10 Å². The molecule has 0 fully saturated rings. The van der Waals surface area contributed by atoms with Gasteiger partial charge in [0.05, 0.1) is 17.6 Å². The molecule has 2 aromatic rings. The summed E-state index contributed by atoms with van der Waals surface area (Å²) in [6.45, 7) is 1.99. The molecule has 0 radical (unpaired) electrons. The van der Waals surface area contributed by atoms with Crippen LogP contribution in [0.3, 0.4) is 0 Å². The van der Waals surface area contributed by atoms with Crippen LogP contribution in [0.1, 0.15) is 12.6 Å². The number of nitrogens with one attached hydrogen (secondary N) is 3. The van der Waals surface area contributed by atoms with E-state index in [4.69, 9.17) is 0 Å². The van der Waals surface area contributed by atoms with Crippen LogP contribution in [0, 0.1) is 0 Å². The normalized spacial score (nSPS) is 9.94. The van der Waals surface area contributed by atoms with Crippen molar-refractivity contribution in [1.82, 2.24) is 10.2 Å². The second-order valence-electron chi connectivity index (χ2n) is 3.56. The molecule has 0 saturated carbocycles. The zero-order chi connectivity index (χ0) is 12.1. The van der Waals surface area contributed by atoms with Gasteiger partial charge in [0.2, 0.25) is 0 Å². The van der Waals surface area contributed by atoms with Crippen LogP contribution in [0.4, 0.5) is 16.2 Å². The Hall–Kier alpha value is -2.30. The van der Waals surface area contributed by atoms with E-state index in [0.29, 0.717) is 5.69 Å². The highest BCUT2D eigenvalue weighted by molar-refractivity contribution is 5.99. The summed E-state index contributed by atoms with van der Waals surface area (Å²) in [5.74, 6) is 0. The van der Waals surface area contributed by atoms with Gasteiger partial charge in [-0.15, -0.1) is 0 Å². The Bertz CT molecular complexity index is 492. The first-order valence-corrected chi connectivity index (χ1v) is 5.45. The van der Waals surface area contributed by atoms with Gasteiger partial charge >= 0.3 is 6.03 Å². The number of carbonyl (C=O) groups excluding carboxylic acids is 1. The summed E-state index contributed by atoms with van der Waals surface area (Å²) in [6.07, 6.45) is 2.39. The molecule has 5 heteroatoms. The lowest BCUT2D eigenvalue weighted by Crippen LogP contribution is -2.19. The number of urea groups is 1. The molecule has 0 atom stereocenters. The number of nitrogens with zero attached hydrogens (tertiary/aromatic N) is 1. The lowest BCUT2D eigenvalue weighted by atomic mass is 10.3. The van der Waals surface area contributed by atoms with Crippen LogP contribution in [-0.2, 0) is 6.42 Å². The van der Waals surface area contributed by atoms with Crippen molar-refractivity contribution in [3.63, 3.8) is 0 Å². The minimum Gasteiger partial charge on any atom is -0.308 e. The van der Waals surface area contributed by atoms with Crippen molar-refractivity contribution < 1.29 is 4.79 Å². The predicted molar refractivity (Wildman–Crippen MR) is 67.0 cm³/mol. The molecular formula is C12H14N4O. The number of H-pyrrole nitrogens is 1. The fourth-order valence-electron chi connectivity index (χ4n) is 1.50. The summed E-state index contributed by atoms with van der Waals surface area (Å²) in [5.41, 5.74) is 2.38. The molecule has 88 valence electrons. The molecule has 1 aromatic carbocycles. The third-order valence-corrected chi connectivity index (χ3v) is 2.35. The summed E-state index contributed by atoms with van der Waals surface area (Å²) in [6, 6.07) is 9.02. The highest BCUT2D eigenvalue weighted by Crippen LogP contribution is 2.12. The van der Waals surface area contributed by atoms with Crippen LogP contribution in [0.15, 0.2) is 36.5 Å². The van der Waals surface area contributed by atoms with Gasteiger partial charge in [0.15, 0.2) is 0 Å². The fourth-order valence-corrected chi connectivity index (χ4v) is 1.50. The van der Waals surface area contributed by atoms with E-state index in [2.05, 4.69) is 20.8 Å². The number of aromatic amines is 1. The number of anilines is 2. The van der Waals surface area contributed by atoms with Gasteiger partial charge in [-0.1, -0.05) is 25.1 Å². The smallest absolute Gasteiger partial charge is 0.308 e. The first kappa shape index (κ1) is 11.2. The molecule has 0 bridgehead atoms. The molecule has 3 N–H and O–H groups in total. The standard InChI is InChI=1S/C12H14N4O/c1-2-10-11(8-13-16-10)15-12(17)14-9-6-4-3-5-7-9/h3-8H,2H2,1H3,(H,13,16)(H2,14,15,17). The number of rotatable bonds is 3. The average Bonchev–Trinajstić information content (AvgIpc) is 2.77. The van der Waals surface area contributed by atoms with Gasteiger partial charge in [0, 0.05) is 5.69 Å². The molecule has 2 amide bonds. The number of amides is 2. The molecule has 0 aliphatic rings. The lowest BCUT2D eigenvalue weighted by Gasteiger charge is -2.06. The minimum atomic E-state index is -0.271. The molecule has 0 aliphatic carbocycles. The largest absolute Gasteiger partial charge is 0.323 e. The number of benzene rings is 1. The summed E-state index contributed by atoms with van der Waals surface area (Å²) in [7, 11) is 0. The highest BCUT2D eigenvalue weighted by atomic mass is 16.2. The van der Waals surface area contributed by atoms with Crippen LogP contribution in [0.25, 0.3) is 0 Å². The Morgan fingerprint density at radius 1 is 1.29 bits per heavy atom. The number of hydrogen-bond donors (Lipinski definition) is 3. The van der Waals surface area contributed by atoms with E-state index < -0.39 is 0 Å². The maximum atomic E-state index is 11.7. The second-order valence-corrected chi connectivity index (χ2v) is 3.56. The molecule has 0 spiro atoms. The Morgan fingerprint density at radius 3 is 2.76 bits per heavy atom. The number of carbonyl (C=O) groups is 1. The molecule has 0 unspecified atom stereocenters. The Kier molecular flexibility index (Phi) is 3.40. The quantitative estimate of drug-likeness (QED) is 0.758. The van der Waals surface area contributed by atoms with E-state index in [0.717, 1.165) is 17.8 Å². The second kappa shape index (κ2) is 5.16. The van der Waals surface area contributed by atoms with Crippen LogP contribution >= 0.6 is 0 Å². The number of aromatic nitrogens is 2. The van der Waals surface area contributed by atoms with Crippen molar-refractivity contribution in [2.24, 2.45) is 0 Å². The monoisotopic (exact) mass is 230 g/mol. The van der Waals surface area contributed by atoms with Gasteiger partial charge in [0.25, 0.3) is 0 Å². The Morgan fingerprint density at radius 2 is 2.06 bits per heavy atom. The van der Waals surface area contributed by atoms with E-state index in [9.17, 15) is 4.79 Å². The topological polar surface area (TPSA) is 69.8 Å². The van der Waals surface area contributed by atoms with E-state index >= 15 is 0 Å². The van der Waals surface area contributed by atoms with Crippen molar-refractivity contribution in [3.8, 4) is 0 Å². The molecule has 17 heavy (non-hydrogen) atoms. The van der Waals surface area contributed by atoms with E-state index in [-0.39, 0.29) is 6.03 Å². The van der Waals surface area contributed by atoms with E-state index in [1.807, 2.05) is 37.3 Å². The number of hydrogen-bond acceptors (Lipinski definition) is 2. The molecular weight excluding hydrogens is 216 g/mol. The zero-order valence-electron chi connectivity index (χ0n) is 9.53. The summed E-state index contributed by atoms with van der Waals surface area (Å²) >= 11 is 0. The summed E-state index contributed by atoms with van der Waals surface area (Å²) < 4.78 is 0. The van der Waals surface area contributed by atoms with Crippen LogP contribution in [0.2, 0.25) is 0 Å². The van der Waals surface area contributed by atoms with Gasteiger partial charge in [-0.05, 0) is 18.6 Å². The molecule has 2 rings (SSSR count). The highest BCUT2D eigenvalue weighted by Gasteiger charge is 2.07. The third kappa shape index (κ3) is 2.84. The van der Waals surface area contributed by atoms with E-state index in [1.54, 1.807) is 6.20 Å². The summed E-state index contributed by atoms with van der Waals surface area (Å²) in [4.78, 5) is 11.7. The maximum Gasteiger partial charge on any atom is 0.323 e. The van der Waals surface area contributed by atoms with Crippen molar-refractivity contribution >= 4 is 17.4 Å². The van der Waals surface area contributed by atoms with E-state index in [1.165, 1.54) is 0 Å². The third-order valence-electron chi connectivity index (χ3n) is 2.35. The van der Waals surface area contributed by atoms with Crippen LogP contribution in [0.5, 0.6) is 0 Å². The van der Waals surface area contributed by atoms with Crippen molar-refractivity contribution in [2.75, 3.05) is 10.6 Å². The van der Waals surface area contributed by atoms with Gasteiger partial charge < -0.3 is 10.6 Å². The first-order chi connectivity index (χ1) is 8.29. The first-order valence-electron chi connectivity index (χ1n) is 5.45.